The lowest BCUT2D eigenvalue weighted by molar-refractivity contribution is -0.131. The first kappa shape index (κ1) is 15.1. The monoisotopic (exact) mass is 276 g/mol. The molecule has 0 saturated carbocycles. The van der Waals surface area contributed by atoms with Crippen molar-refractivity contribution in [2.75, 3.05) is 24.7 Å². The predicted octanol–water partition coefficient (Wildman–Crippen LogP) is 2.73. The van der Waals surface area contributed by atoms with Gasteiger partial charge in [-0.15, -0.1) is 0 Å². The van der Waals surface area contributed by atoms with Crippen molar-refractivity contribution in [2.45, 2.75) is 19.5 Å². The van der Waals surface area contributed by atoms with Gasteiger partial charge in [-0.2, -0.15) is 13.2 Å². The van der Waals surface area contributed by atoms with E-state index in [2.05, 4.69) is 10.1 Å². The Hall–Kier alpha value is -1.92. The molecule has 0 saturated heterocycles. The van der Waals surface area contributed by atoms with Crippen LogP contribution in [-0.2, 0) is 4.74 Å². The molecular formula is C12H15F3N2O2. The number of hydrogen-bond acceptors (Lipinski definition) is 4. The molecule has 19 heavy (non-hydrogen) atoms. The summed E-state index contributed by atoms with van der Waals surface area (Å²) in [5, 5.41) is 2.61. The van der Waals surface area contributed by atoms with Gasteiger partial charge in [-0.25, -0.2) is 4.79 Å². The molecule has 0 spiro atoms. The fourth-order valence-corrected chi connectivity index (χ4v) is 1.53. The highest BCUT2D eigenvalue weighted by Gasteiger charge is 2.26. The number of nitrogen functional groups attached to an aromatic ring is 1. The quantitative estimate of drug-likeness (QED) is 0.655. The third kappa shape index (κ3) is 4.35. The molecule has 1 aromatic rings. The molecule has 0 aliphatic rings. The van der Waals surface area contributed by atoms with E-state index in [-0.39, 0.29) is 17.8 Å². The van der Waals surface area contributed by atoms with Crippen LogP contribution in [0.1, 0.15) is 22.3 Å². The van der Waals surface area contributed by atoms with Crippen LogP contribution in [-0.4, -0.2) is 25.8 Å². The maximum atomic E-state index is 12.0. The van der Waals surface area contributed by atoms with E-state index >= 15 is 0 Å². The van der Waals surface area contributed by atoms with E-state index in [1.807, 2.05) is 0 Å². The van der Waals surface area contributed by atoms with Crippen LogP contribution in [0.4, 0.5) is 24.5 Å². The Morgan fingerprint density at radius 3 is 2.58 bits per heavy atom. The summed E-state index contributed by atoms with van der Waals surface area (Å²) in [4.78, 5) is 11.5. The SMILES string of the molecule is COC(=O)c1cc(NCCC(F)(F)F)cc(C)c1N. The number of carbonyl (C=O) groups excluding carboxylic acids is 1. The number of esters is 1. The Morgan fingerprint density at radius 1 is 1.42 bits per heavy atom. The molecule has 0 aliphatic heterocycles. The van der Waals surface area contributed by atoms with Gasteiger partial charge >= 0.3 is 12.1 Å². The van der Waals surface area contributed by atoms with E-state index in [1.165, 1.54) is 13.2 Å². The van der Waals surface area contributed by atoms with Crippen LogP contribution in [0.2, 0.25) is 0 Å². The Morgan fingerprint density at radius 2 is 2.05 bits per heavy atom. The second-order valence-electron chi connectivity index (χ2n) is 4.04. The number of methoxy groups -OCH3 is 1. The molecule has 3 N–H and O–H groups in total. The highest BCUT2D eigenvalue weighted by atomic mass is 19.4. The van der Waals surface area contributed by atoms with Crippen LogP contribution >= 0.6 is 0 Å². The van der Waals surface area contributed by atoms with Gasteiger partial charge in [0.05, 0.1) is 19.1 Å². The number of nitrogens with two attached hydrogens (primary N) is 1. The number of ether oxygens (including phenoxy) is 1. The Labute approximate surface area is 108 Å². The maximum absolute atomic E-state index is 12.0. The zero-order valence-corrected chi connectivity index (χ0v) is 10.6. The number of carbonyl (C=O) groups is 1. The van der Waals surface area contributed by atoms with Crippen molar-refractivity contribution >= 4 is 17.3 Å². The maximum Gasteiger partial charge on any atom is 0.390 e. The van der Waals surface area contributed by atoms with Crippen molar-refractivity contribution in [3.8, 4) is 0 Å². The lowest BCUT2D eigenvalue weighted by Gasteiger charge is -2.13. The zero-order chi connectivity index (χ0) is 14.6. The standard InChI is InChI=1S/C12H15F3N2O2/c1-7-5-8(17-4-3-12(13,14)15)6-9(10(7)16)11(18)19-2/h5-6,17H,3-4,16H2,1-2H3. The first-order valence-electron chi connectivity index (χ1n) is 5.53. The van der Waals surface area contributed by atoms with E-state index in [4.69, 9.17) is 5.73 Å². The fourth-order valence-electron chi connectivity index (χ4n) is 1.53. The van der Waals surface area contributed by atoms with Gasteiger partial charge < -0.3 is 15.8 Å². The van der Waals surface area contributed by atoms with Crippen LogP contribution in [0, 0.1) is 6.92 Å². The number of aryl methyl sites for hydroxylation is 1. The lowest BCUT2D eigenvalue weighted by Crippen LogP contribution is -2.15. The third-order valence-electron chi connectivity index (χ3n) is 2.53. The number of anilines is 2. The molecule has 0 unspecified atom stereocenters. The van der Waals surface area contributed by atoms with E-state index in [0.29, 0.717) is 11.3 Å². The van der Waals surface area contributed by atoms with E-state index in [1.54, 1.807) is 13.0 Å². The molecular weight excluding hydrogens is 261 g/mol. The lowest BCUT2D eigenvalue weighted by atomic mass is 10.1. The van der Waals surface area contributed by atoms with Gasteiger partial charge in [-0.1, -0.05) is 0 Å². The van der Waals surface area contributed by atoms with Gasteiger partial charge in [-0.05, 0) is 24.6 Å². The van der Waals surface area contributed by atoms with Crippen LogP contribution < -0.4 is 11.1 Å². The molecule has 1 aromatic carbocycles. The minimum Gasteiger partial charge on any atom is -0.465 e. The molecule has 7 heteroatoms. The molecule has 0 radical (unpaired) electrons. The third-order valence-corrected chi connectivity index (χ3v) is 2.53. The molecule has 106 valence electrons. The minimum atomic E-state index is -4.22. The van der Waals surface area contributed by atoms with Crippen molar-refractivity contribution in [3.63, 3.8) is 0 Å². The van der Waals surface area contributed by atoms with Gasteiger partial charge in [0.2, 0.25) is 0 Å². The molecule has 0 amide bonds. The number of hydrogen-bond donors (Lipinski definition) is 2. The van der Waals surface area contributed by atoms with Crippen LogP contribution in [0.25, 0.3) is 0 Å². The minimum absolute atomic E-state index is 0.136. The summed E-state index contributed by atoms with van der Waals surface area (Å²) in [5.41, 5.74) is 7.11. The highest BCUT2D eigenvalue weighted by molar-refractivity contribution is 5.97. The van der Waals surface area contributed by atoms with Gasteiger partial charge in [0.25, 0.3) is 0 Å². The van der Waals surface area contributed by atoms with E-state index in [0.717, 1.165) is 0 Å². The first-order valence-corrected chi connectivity index (χ1v) is 5.53. The summed E-state index contributed by atoms with van der Waals surface area (Å²) in [6.45, 7) is 1.39. The molecule has 0 aliphatic carbocycles. The van der Waals surface area contributed by atoms with Gasteiger partial charge in [0.15, 0.2) is 0 Å². The summed E-state index contributed by atoms with van der Waals surface area (Å²) in [6, 6.07) is 2.96. The van der Waals surface area contributed by atoms with Gasteiger partial charge in [0, 0.05) is 17.9 Å². The predicted molar refractivity (Wildman–Crippen MR) is 66.1 cm³/mol. The molecule has 0 heterocycles. The summed E-state index contributed by atoms with van der Waals surface area (Å²) in [6.07, 6.45) is -5.18. The average molecular weight is 276 g/mol. The van der Waals surface area contributed by atoms with Crippen LogP contribution in [0.3, 0.4) is 0 Å². The summed E-state index contributed by atoms with van der Waals surface area (Å²) < 4.78 is 40.6. The Balaban J connectivity index is 2.86. The van der Waals surface area contributed by atoms with Crippen molar-refractivity contribution in [1.82, 2.24) is 0 Å². The van der Waals surface area contributed by atoms with E-state index < -0.39 is 18.6 Å². The summed E-state index contributed by atoms with van der Waals surface area (Å²) in [7, 11) is 1.21. The van der Waals surface area contributed by atoms with Crippen molar-refractivity contribution in [1.29, 1.82) is 0 Å². The van der Waals surface area contributed by atoms with Gasteiger partial charge in [0.1, 0.15) is 0 Å². The molecule has 1 rings (SSSR count). The van der Waals surface area contributed by atoms with Crippen LogP contribution in [0.15, 0.2) is 12.1 Å². The number of alkyl halides is 3. The van der Waals surface area contributed by atoms with Crippen LogP contribution in [0.5, 0.6) is 0 Å². The normalized spacial score (nSPS) is 11.2. The largest absolute Gasteiger partial charge is 0.465 e. The number of rotatable bonds is 4. The van der Waals surface area contributed by atoms with Crippen molar-refractivity contribution in [3.05, 3.63) is 23.3 Å². The summed E-state index contributed by atoms with van der Waals surface area (Å²) >= 11 is 0. The Bertz CT molecular complexity index is 473. The molecule has 0 bridgehead atoms. The summed E-state index contributed by atoms with van der Waals surface area (Å²) in [5.74, 6) is -0.625. The van der Waals surface area contributed by atoms with Crippen molar-refractivity contribution in [2.24, 2.45) is 0 Å². The number of nitrogens with one attached hydrogen (secondary N) is 1. The molecule has 4 nitrogen and oxygen atoms in total. The second kappa shape index (κ2) is 5.81. The fraction of sp³-hybridized carbons (Fsp3) is 0.417. The smallest absolute Gasteiger partial charge is 0.390 e. The molecule has 0 atom stereocenters. The topological polar surface area (TPSA) is 64.3 Å². The average Bonchev–Trinajstić information content (AvgIpc) is 2.30. The molecule has 0 fully saturated rings. The first-order chi connectivity index (χ1) is 8.74. The Kier molecular flexibility index (Phi) is 4.63. The zero-order valence-electron chi connectivity index (χ0n) is 10.6. The second-order valence-corrected chi connectivity index (χ2v) is 4.04. The highest BCUT2D eigenvalue weighted by Crippen LogP contribution is 2.24. The van der Waals surface area contributed by atoms with Crippen molar-refractivity contribution < 1.29 is 22.7 Å². The van der Waals surface area contributed by atoms with Gasteiger partial charge in [-0.3, -0.25) is 0 Å². The number of halogens is 3. The van der Waals surface area contributed by atoms with E-state index in [9.17, 15) is 18.0 Å². The number of benzene rings is 1. The molecule has 0 aromatic heterocycles.